The van der Waals surface area contributed by atoms with Gasteiger partial charge in [0.2, 0.25) is 11.8 Å². The van der Waals surface area contributed by atoms with Crippen LogP contribution in [0.4, 0.5) is 0 Å². The maximum absolute atomic E-state index is 11.9. The Morgan fingerprint density at radius 2 is 2.17 bits per heavy atom. The minimum Gasteiger partial charge on any atom is -0.393 e. The Morgan fingerprint density at radius 1 is 1.50 bits per heavy atom. The molecule has 5 heteroatoms. The third kappa shape index (κ3) is 2.83. The van der Waals surface area contributed by atoms with E-state index in [0.717, 1.165) is 12.8 Å². The summed E-state index contributed by atoms with van der Waals surface area (Å²) < 4.78 is 0. The van der Waals surface area contributed by atoms with E-state index in [-0.39, 0.29) is 29.9 Å². The summed E-state index contributed by atoms with van der Waals surface area (Å²) >= 11 is 0. The van der Waals surface area contributed by atoms with Gasteiger partial charge in [0.25, 0.3) is 0 Å². The van der Waals surface area contributed by atoms with Crippen LogP contribution in [0.1, 0.15) is 33.1 Å². The summed E-state index contributed by atoms with van der Waals surface area (Å²) in [5.74, 6) is 0.254. The van der Waals surface area contributed by atoms with E-state index in [0.29, 0.717) is 25.4 Å². The topological polar surface area (TPSA) is 69.6 Å². The van der Waals surface area contributed by atoms with Gasteiger partial charge in [-0.1, -0.05) is 0 Å². The number of rotatable bonds is 4. The Hall–Kier alpha value is -1.10. The van der Waals surface area contributed by atoms with Gasteiger partial charge >= 0.3 is 0 Å². The van der Waals surface area contributed by atoms with Crippen LogP contribution in [0.15, 0.2) is 0 Å². The van der Waals surface area contributed by atoms with Gasteiger partial charge in [0, 0.05) is 25.6 Å². The molecule has 1 saturated heterocycles. The number of nitrogens with zero attached hydrogens (tertiary/aromatic N) is 1. The Bertz CT molecular complexity index is 337. The summed E-state index contributed by atoms with van der Waals surface area (Å²) in [5, 5.41) is 12.1. The van der Waals surface area contributed by atoms with Crippen molar-refractivity contribution in [1.29, 1.82) is 0 Å². The normalized spacial score (nSPS) is 31.7. The molecule has 1 heterocycles. The fourth-order valence-electron chi connectivity index (χ4n) is 2.66. The third-order valence-electron chi connectivity index (χ3n) is 3.93. The van der Waals surface area contributed by atoms with Gasteiger partial charge in [-0.25, -0.2) is 0 Å². The summed E-state index contributed by atoms with van der Waals surface area (Å²) in [4.78, 5) is 25.4. The quantitative estimate of drug-likeness (QED) is 0.749. The van der Waals surface area contributed by atoms with Crippen LogP contribution in [0.2, 0.25) is 0 Å². The van der Waals surface area contributed by atoms with Gasteiger partial charge in [-0.3, -0.25) is 9.59 Å². The van der Waals surface area contributed by atoms with E-state index >= 15 is 0 Å². The monoisotopic (exact) mass is 254 g/mol. The molecule has 5 nitrogen and oxygen atoms in total. The molecule has 1 atom stereocenters. The second-order valence-corrected chi connectivity index (χ2v) is 5.78. The highest BCUT2D eigenvalue weighted by atomic mass is 16.3. The van der Waals surface area contributed by atoms with Crippen molar-refractivity contribution in [3.05, 3.63) is 0 Å². The Labute approximate surface area is 108 Å². The SMILES string of the molecule is CC(C)N1CC(C(=O)NCC2CC(O)C2)CC1=O. The van der Waals surface area contributed by atoms with Crippen LogP contribution in [-0.4, -0.2) is 47.1 Å². The molecule has 18 heavy (non-hydrogen) atoms. The van der Waals surface area contributed by atoms with E-state index < -0.39 is 0 Å². The third-order valence-corrected chi connectivity index (χ3v) is 3.93. The zero-order chi connectivity index (χ0) is 13.3. The van der Waals surface area contributed by atoms with Crippen LogP contribution in [0, 0.1) is 11.8 Å². The second-order valence-electron chi connectivity index (χ2n) is 5.78. The number of amides is 2. The highest BCUT2D eigenvalue weighted by molar-refractivity contribution is 5.89. The van der Waals surface area contributed by atoms with Crippen LogP contribution in [-0.2, 0) is 9.59 Å². The molecule has 0 aromatic heterocycles. The summed E-state index contributed by atoms with van der Waals surface area (Å²) in [6, 6.07) is 0.164. The second kappa shape index (κ2) is 5.26. The molecule has 0 bridgehead atoms. The number of carbonyl (C=O) groups excluding carboxylic acids is 2. The highest BCUT2D eigenvalue weighted by Gasteiger charge is 2.36. The standard InChI is InChI=1S/C13H22N2O3/c1-8(2)15-7-10(5-12(15)17)13(18)14-6-9-3-11(16)4-9/h8-11,16H,3-7H2,1-2H3,(H,14,18). The first-order valence-corrected chi connectivity index (χ1v) is 6.72. The zero-order valence-corrected chi connectivity index (χ0v) is 11.1. The maximum Gasteiger partial charge on any atom is 0.225 e. The van der Waals surface area contributed by atoms with Crippen LogP contribution in [0.3, 0.4) is 0 Å². The Morgan fingerprint density at radius 3 is 2.67 bits per heavy atom. The fourth-order valence-corrected chi connectivity index (χ4v) is 2.66. The predicted molar refractivity (Wildman–Crippen MR) is 66.7 cm³/mol. The molecular formula is C13H22N2O3. The number of aliphatic hydroxyl groups excluding tert-OH is 1. The summed E-state index contributed by atoms with van der Waals surface area (Å²) in [5.41, 5.74) is 0. The molecule has 1 aliphatic carbocycles. The van der Waals surface area contributed by atoms with Gasteiger partial charge in [-0.2, -0.15) is 0 Å². The van der Waals surface area contributed by atoms with Crippen molar-refractivity contribution in [2.75, 3.05) is 13.1 Å². The summed E-state index contributed by atoms with van der Waals surface area (Å²) in [7, 11) is 0. The first-order chi connectivity index (χ1) is 8.47. The highest BCUT2D eigenvalue weighted by Crippen LogP contribution is 2.26. The van der Waals surface area contributed by atoms with Gasteiger partial charge in [-0.05, 0) is 32.6 Å². The molecule has 2 N–H and O–H groups in total. The van der Waals surface area contributed by atoms with Crippen molar-refractivity contribution in [1.82, 2.24) is 10.2 Å². The van der Waals surface area contributed by atoms with E-state index in [4.69, 9.17) is 5.11 Å². The lowest BCUT2D eigenvalue weighted by Crippen LogP contribution is -2.41. The van der Waals surface area contributed by atoms with Crippen molar-refractivity contribution in [3.8, 4) is 0 Å². The number of carbonyl (C=O) groups is 2. The number of nitrogens with one attached hydrogen (secondary N) is 1. The van der Waals surface area contributed by atoms with E-state index in [1.165, 1.54) is 0 Å². The van der Waals surface area contributed by atoms with Crippen LogP contribution >= 0.6 is 0 Å². The molecule has 1 unspecified atom stereocenters. The number of likely N-dealkylation sites (tertiary alicyclic amines) is 1. The van der Waals surface area contributed by atoms with Gasteiger partial charge < -0.3 is 15.3 Å². The maximum atomic E-state index is 11.9. The molecule has 2 fully saturated rings. The Balaban J connectivity index is 1.75. The number of hydrogen-bond donors (Lipinski definition) is 2. The van der Waals surface area contributed by atoms with Crippen molar-refractivity contribution in [2.24, 2.45) is 11.8 Å². The van der Waals surface area contributed by atoms with Gasteiger partial charge in [0.1, 0.15) is 0 Å². The lowest BCUT2D eigenvalue weighted by atomic mass is 9.82. The van der Waals surface area contributed by atoms with Gasteiger partial charge in [0.15, 0.2) is 0 Å². The van der Waals surface area contributed by atoms with E-state index in [1.807, 2.05) is 13.8 Å². The van der Waals surface area contributed by atoms with Crippen LogP contribution in [0.25, 0.3) is 0 Å². The largest absolute Gasteiger partial charge is 0.393 e. The molecule has 2 amide bonds. The first-order valence-electron chi connectivity index (χ1n) is 6.72. The smallest absolute Gasteiger partial charge is 0.225 e. The zero-order valence-electron chi connectivity index (χ0n) is 11.1. The first kappa shape index (κ1) is 13.3. The summed E-state index contributed by atoms with van der Waals surface area (Å²) in [6.45, 7) is 5.10. The van der Waals surface area contributed by atoms with Gasteiger partial charge in [-0.15, -0.1) is 0 Å². The van der Waals surface area contributed by atoms with Crippen molar-refractivity contribution in [2.45, 2.75) is 45.3 Å². The number of hydrogen-bond acceptors (Lipinski definition) is 3. The van der Waals surface area contributed by atoms with E-state index in [1.54, 1.807) is 4.90 Å². The lowest BCUT2D eigenvalue weighted by Gasteiger charge is -2.31. The van der Waals surface area contributed by atoms with Gasteiger partial charge in [0.05, 0.1) is 12.0 Å². The molecular weight excluding hydrogens is 232 g/mol. The van der Waals surface area contributed by atoms with Crippen molar-refractivity contribution < 1.29 is 14.7 Å². The number of aliphatic hydroxyl groups is 1. The van der Waals surface area contributed by atoms with E-state index in [9.17, 15) is 9.59 Å². The van der Waals surface area contributed by atoms with Crippen molar-refractivity contribution in [3.63, 3.8) is 0 Å². The molecule has 102 valence electrons. The van der Waals surface area contributed by atoms with E-state index in [2.05, 4.69) is 5.32 Å². The Kier molecular flexibility index (Phi) is 3.90. The molecule has 0 radical (unpaired) electrons. The molecule has 0 aromatic carbocycles. The average molecular weight is 254 g/mol. The molecule has 2 rings (SSSR count). The molecule has 1 saturated carbocycles. The lowest BCUT2D eigenvalue weighted by molar-refractivity contribution is -0.130. The predicted octanol–water partition coefficient (Wildman–Crippen LogP) is 0.130. The van der Waals surface area contributed by atoms with Crippen LogP contribution < -0.4 is 5.32 Å². The molecule has 0 aromatic rings. The average Bonchev–Trinajstić information content (AvgIpc) is 2.65. The van der Waals surface area contributed by atoms with Crippen LogP contribution in [0.5, 0.6) is 0 Å². The summed E-state index contributed by atoms with van der Waals surface area (Å²) in [6.07, 6.45) is 1.71. The molecule has 0 spiro atoms. The molecule has 2 aliphatic rings. The molecule has 1 aliphatic heterocycles. The van der Waals surface area contributed by atoms with Crippen molar-refractivity contribution >= 4 is 11.8 Å². The fraction of sp³-hybridized carbons (Fsp3) is 0.846. The minimum absolute atomic E-state index is 0.0205. The minimum atomic E-state index is -0.204.